The van der Waals surface area contributed by atoms with E-state index in [0.29, 0.717) is 17.9 Å². The SMILES string of the molecule is CCCc1nc(COc2c(Br)cc(C=O)cc2Br)cs1. The van der Waals surface area contributed by atoms with Gasteiger partial charge in [0.05, 0.1) is 19.6 Å². The zero-order valence-electron chi connectivity index (χ0n) is 10.9. The maximum Gasteiger partial charge on any atom is 0.150 e. The Kier molecular flexibility index (Phi) is 5.74. The molecule has 0 amide bonds. The normalized spacial score (nSPS) is 10.6. The zero-order chi connectivity index (χ0) is 14.5. The van der Waals surface area contributed by atoms with Gasteiger partial charge in [-0.3, -0.25) is 4.79 Å². The number of aldehydes is 1. The molecule has 0 saturated carbocycles. The van der Waals surface area contributed by atoms with E-state index in [1.54, 1.807) is 23.5 Å². The van der Waals surface area contributed by atoms with Crippen LogP contribution in [0, 0.1) is 0 Å². The van der Waals surface area contributed by atoms with E-state index in [2.05, 4.69) is 43.8 Å². The third-order valence-electron chi connectivity index (χ3n) is 2.58. The minimum Gasteiger partial charge on any atom is -0.485 e. The maximum atomic E-state index is 10.8. The highest BCUT2D eigenvalue weighted by Gasteiger charge is 2.10. The van der Waals surface area contributed by atoms with Crippen LogP contribution in [0.3, 0.4) is 0 Å². The number of rotatable bonds is 6. The molecule has 0 aliphatic heterocycles. The highest BCUT2D eigenvalue weighted by molar-refractivity contribution is 9.11. The lowest BCUT2D eigenvalue weighted by Gasteiger charge is -2.09. The number of thiazole rings is 1. The molecule has 3 nitrogen and oxygen atoms in total. The summed E-state index contributed by atoms with van der Waals surface area (Å²) in [6.07, 6.45) is 2.90. The van der Waals surface area contributed by atoms with Gasteiger partial charge in [0.15, 0.2) is 0 Å². The Labute approximate surface area is 138 Å². The topological polar surface area (TPSA) is 39.2 Å². The molecule has 0 aliphatic rings. The van der Waals surface area contributed by atoms with Crippen LogP contribution in [-0.2, 0) is 13.0 Å². The van der Waals surface area contributed by atoms with Crippen LogP contribution in [0.25, 0.3) is 0 Å². The summed E-state index contributed by atoms with van der Waals surface area (Å²) in [4.78, 5) is 15.3. The summed E-state index contributed by atoms with van der Waals surface area (Å²) in [6.45, 7) is 2.55. The Morgan fingerprint density at radius 2 is 2.05 bits per heavy atom. The Morgan fingerprint density at radius 3 is 2.65 bits per heavy atom. The molecular formula is C14H13Br2NO2S. The van der Waals surface area contributed by atoms with Crippen LogP contribution >= 0.6 is 43.2 Å². The smallest absolute Gasteiger partial charge is 0.150 e. The third kappa shape index (κ3) is 3.90. The van der Waals surface area contributed by atoms with Gasteiger partial charge in [-0.15, -0.1) is 11.3 Å². The lowest BCUT2D eigenvalue weighted by atomic mass is 10.2. The molecule has 0 radical (unpaired) electrons. The summed E-state index contributed by atoms with van der Waals surface area (Å²) in [6, 6.07) is 3.47. The number of nitrogens with zero attached hydrogens (tertiary/aromatic N) is 1. The van der Waals surface area contributed by atoms with Crippen LogP contribution < -0.4 is 4.74 Å². The molecular weight excluding hydrogens is 406 g/mol. The monoisotopic (exact) mass is 417 g/mol. The molecule has 0 N–H and O–H groups in total. The summed E-state index contributed by atoms with van der Waals surface area (Å²) in [7, 11) is 0. The third-order valence-corrected chi connectivity index (χ3v) is 4.72. The van der Waals surface area contributed by atoms with E-state index in [0.717, 1.165) is 38.8 Å². The Balaban J connectivity index is 2.08. The summed E-state index contributed by atoms with van der Waals surface area (Å²) in [5, 5.41) is 3.16. The van der Waals surface area contributed by atoms with Gasteiger partial charge in [0.25, 0.3) is 0 Å². The highest BCUT2D eigenvalue weighted by Crippen LogP contribution is 2.35. The first-order chi connectivity index (χ1) is 9.63. The molecule has 0 bridgehead atoms. The maximum absolute atomic E-state index is 10.8. The van der Waals surface area contributed by atoms with Crippen molar-refractivity contribution in [2.24, 2.45) is 0 Å². The molecule has 0 unspecified atom stereocenters. The van der Waals surface area contributed by atoms with Gasteiger partial charge in [-0.25, -0.2) is 4.98 Å². The van der Waals surface area contributed by atoms with E-state index in [1.807, 2.05) is 5.38 Å². The van der Waals surface area contributed by atoms with E-state index >= 15 is 0 Å². The molecule has 0 fully saturated rings. The number of aromatic nitrogens is 1. The van der Waals surface area contributed by atoms with Crippen molar-refractivity contribution in [2.45, 2.75) is 26.4 Å². The van der Waals surface area contributed by atoms with Gasteiger partial charge in [0.1, 0.15) is 18.6 Å². The predicted octanol–water partition coefficient (Wildman–Crippen LogP) is 5.01. The van der Waals surface area contributed by atoms with Crippen molar-refractivity contribution in [1.82, 2.24) is 4.98 Å². The highest BCUT2D eigenvalue weighted by atomic mass is 79.9. The van der Waals surface area contributed by atoms with Gasteiger partial charge in [-0.05, 0) is 56.8 Å². The molecule has 1 aromatic carbocycles. The molecule has 1 aromatic heterocycles. The fraction of sp³-hybridized carbons (Fsp3) is 0.286. The molecule has 0 aliphatic carbocycles. The summed E-state index contributed by atoms with van der Waals surface area (Å²) < 4.78 is 7.28. The summed E-state index contributed by atoms with van der Waals surface area (Å²) in [5.41, 5.74) is 1.52. The minimum absolute atomic E-state index is 0.415. The molecule has 0 saturated heterocycles. The van der Waals surface area contributed by atoms with Gasteiger partial charge in [0.2, 0.25) is 0 Å². The van der Waals surface area contributed by atoms with Gasteiger partial charge >= 0.3 is 0 Å². The van der Waals surface area contributed by atoms with Crippen molar-refractivity contribution in [2.75, 3.05) is 0 Å². The van der Waals surface area contributed by atoms with Gasteiger partial charge in [0, 0.05) is 10.9 Å². The average molecular weight is 419 g/mol. The second-order valence-electron chi connectivity index (χ2n) is 4.20. The molecule has 0 atom stereocenters. The summed E-state index contributed by atoms with van der Waals surface area (Å²) in [5.74, 6) is 0.681. The van der Waals surface area contributed by atoms with Crippen LogP contribution in [0.2, 0.25) is 0 Å². The van der Waals surface area contributed by atoms with Crippen LogP contribution in [0.15, 0.2) is 26.5 Å². The van der Waals surface area contributed by atoms with Crippen molar-refractivity contribution in [3.8, 4) is 5.75 Å². The lowest BCUT2D eigenvalue weighted by molar-refractivity contribution is 0.112. The molecule has 0 spiro atoms. The average Bonchev–Trinajstić information content (AvgIpc) is 2.85. The van der Waals surface area contributed by atoms with E-state index in [4.69, 9.17) is 4.74 Å². The fourth-order valence-electron chi connectivity index (χ4n) is 1.68. The molecule has 2 rings (SSSR count). The first-order valence-electron chi connectivity index (χ1n) is 6.14. The molecule has 2 aromatic rings. The number of halogens is 2. The van der Waals surface area contributed by atoms with Crippen molar-refractivity contribution >= 4 is 49.5 Å². The first kappa shape index (κ1) is 15.7. The number of aryl methyl sites for hydroxylation is 1. The van der Waals surface area contributed by atoms with Gasteiger partial charge in [-0.2, -0.15) is 0 Å². The number of hydrogen-bond acceptors (Lipinski definition) is 4. The number of ether oxygens (including phenoxy) is 1. The van der Waals surface area contributed by atoms with Crippen LogP contribution in [0.5, 0.6) is 5.75 Å². The van der Waals surface area contributed by atoms with E-state index in [1.165, 1.54) is 0 Å². The van der Waals surface area contributed by atoms with Gasteiger partial charge < -0.3 is 4.74 Å². The summed E-state index contributed by atoms with van der Waals surface area (Å²) >= 11 is 8.48. The quantitative estimate of drug-likeness (QED) is 0.618. The molecule has 106 valence electrons. The Morgan fingerprint density at radius 1 is 1.35 bits per heavy atom. The van der Waals surface area contributed by atoms with Crippen LogP contribution in [-0.4, -0.2) is 11.3 Å². The van der Waals surface area contributed by atoms with E-state index in [9.17, 15) is 4.79 Å². The second-order valence-corrected chi connectivity index (χ2v) is 6.85. The van der Waals surface area contributed by atoms with Gasteiger partial charge in [-0.1, -0.05) is 6.92 Å². The second kappa shape index (κ2) is 7.33. The van der Waals surface area contributed by atoms with Crippen molar-refractivity contribution in [3.63, 3.8) is 0 Å². The number of carbonyl (C=O) groups excluding carboxylic acids is 1. The van der Waals surface area contributed by atoms with Crippen molar-refractivity contribution < 1.29 is 9.53 Å². The number of hydrogen-bond donors (Lipinski definition) is 0. The van der Waals surface area contributed by atoms with Crippen molar-refractivity contribution in [3.05, 3.63) is 42.7 Å². The number of benzene rings is 1. The standard InChI is InChI=1S/C14H13Br2NO2S/c1-2-3-13-17-10(8-20-13)7-19-14-11(15)4-9(6-18)5-12(14)16/h4-6,8H,2-3,7H2,1H3. The van der Waals surface area contributed by atoms with Crippen LogP contribution in [0.4, 0.5) is 0 Å². The Hall–Kier alpha value is -0.720. The first-order valence-corrected chi connectivity index (χ1v) is 8.61. The largest absolute Gasteiger partial charge is 0.485 e. The van der Waals surface area contributed by atoms with E-state index < -0.39 is 0 Å². The van der Waals surface area contributed by atoms with E-state index in [-0.39, 0.29) is 0 Å². The fourth-order valence-corrected chi connectivity index (χ4v) is 4.01. The molecule has 6 heteroatoms. The molecule has 1 heterocycles. The Bertz CT molecular complexity index is 590. The van der Waals surface area contributed by atoms with Crippen LogP contribution in [0.1, 0.15) is 34.4 Å². The molecule has 20 heavy (non-hydrogen) atoms. The predicted molar refractivity (Wildman–Crippen MR) is 87.7 cm³/mol. The lowest BCUT2D eigenvalue weighted by Crippen LogP contribution is -1.98. The zero-order valence-corrected chi connectivity index (χ0v) is 14.8. The minimum atomic E-state index is 0.415. The number of carbonyl (C=O) groups is 1. The van der Waals surface area contributed by atoms with Crippen molar-refractivity contribution in [1.29, 1.82) is 0 Å².